The number of rotatable bonds is 6. The molecule has 0 amide bonds. The van der Waals surface area contributed by atoms with Crippen LogP contribution in [-0.2, 0) is 6.54 Å². The number of hydrogen-bond acceptors (Lipinski definition) is 5. The number of anilines is 2. The Bertz CT molecular complexity index is 559. The number of nitrogen functional groups attached to an aromatic ring is 1. The van der Waals surface area contributed by atoms with E-state index in [9.17, 15) is 9.59 Å². The van der Waals surface area contributed by atoms with Crippen LogP contribution in [0.2, 0.25) is 0 Å². The van der Waals surface area contributed by atoms with Gasteiger partial charge in [-0.15, -0.1) is 0 Å². The molecule has 0 saturated heterocycles. The molecular weight excluding hydrogens is 258 g/mol. The van der Waals surface area contributed by atoms with Crippen molar-refractivity contribution in [2.24, 2.45) is 5.92 Å². The summed E-state index contributed by atoms with van der Waals surface area (Å²) in [6.45, 7) is 7.04. The van der Waals surface area contributed by atoms with Gasteiger partial charge in [0.05, 0.1) is 0 Å². The zero-order chi connectivity index (χ0) is 15.4. The number of aromatic amines is 1. The van der Waals surface area contributed by atoms with Crippen LogP contribution in [-0.4, -0.2) is 41.1 Å². The third-order valence-electron chi connectivity index (χ3n) is 3.24. The second kappa shape index (κ2) is 6.60. The molecular formula is C13H25N5O2. The summed E-state index contributed by atoms with van der Waals surface area (Å²) in [7, 11) is 3.92. The highest BCUT2D eigenvalue weighted by atomic mass is 16.2. The van der Waals surface area contributed by atoms with Gasteiger partial charge in [0, 0.05) is 19.1 Å². The van der Waals surface area contributed by atoms with E-state index >= 15 is 0 Å². The van der Waals surface area contributed by atoms with Crippen LogP contribution in [0.1, 0.15) is 20.8 Å². The summed E-state index contributed by atoms with van der Waals surface area (Å²) in [5, 5.41) is 3.03. The van der Waals surface area contributed by atoms with Crippen LogP contribution in [0.3, 0.4) is 0 Å². The van der Waals surface area contributed by atoms with Gasteiger partial charge in [0.25, 0.3) is 5.56 Å². The highest BCUT2D eigenvalue weighted by Crippen LogP contribution is 2.12. The predicted molar refractivity (Wildman–Crippen MR) is 82.2 cm³/mol. The van der Waals surface area contributed by atoms with Gasteiger partial charge in [0.1, 0.15) is 11.5 Å². The molecule has 4 N–H and O–H groups in total. The van der Waals surface area contributed by atoms with Crippen molar-refractivity contribution >= 4 is 11.5 Å². The summed E-state index contributed by atoms with van der Waals surface area (Å²) in [5.74, 6) is 0.452. The molecule has 1 aromatic heterocycles. The van der Waals surface area contributed by atoms with E-state index in [2.05, 4.69) is 10.3 Å². The second-order valence-electron chi connectivity index (χ2n) is 5.72. The molecule has 0 aliphatic heterocycles. The molecule has 114 valence electrons. The van der Waals surface area contributed by atoms with Crippen LogP contribution >= 0.6 is 0 Å². The molecule has 1 rings (SSSR count). The number of nitrogens with zero attached hydrogens (tertiary/aromatic N) is 2. The normalized spacial score (nSPS) is 12.9. The highest BCUT2D eigenvalue weighted by molar-refractivity contribution is 5.60. The number of aromatic nitrogens is 2. The van der Waals surface area contributed by atoms with Crippen molar-refractivity contribution in [1.29, 1.82) is 0 Å². The number of nitrogens with two attached hydrogens (primary N) is 1. The van der Waals surface area contributed by atoms with E-state index in [4.69, 9.17) is 5.73 Å². The third kappa shape index (κ3) is 3.86. The molecule has 1 heterocycles. The zero-order valence-electron chi connectivity index (χ0n) is 12.9. The fraction of sp³-hybridized carbons (Fsp3) is 0.692. The lowest BCUT2D eigenvalue weighted by atomic mass is 10.2. The van der Waals surface area contributed by atoms with Crippen molar-refractivity contribution < 1.29 is 0 Å². The Balaban J connectivity index is 3.08. The maximum absolute atomic E-state index is 11.9. The number of H-pyrrole nitrogens is 1. The van der Waals surface area contributed by atoms with Gasteiger partial charge in [-0.2, -0.15) is 0 Å². The molecule has 7 heteroatoms. The van der Waals surface area contributed by atoms with E-state index in [0.717, 1.165) is 0 Å². The molecule has 7 nitrogen and oxygen atoms in total. The Kier molecular flexibility index (Phi) is 5.38. The number of likely N-dealkylation sites (N-methyl/N-ethyl adjacent to an activating group) is 1. The Morgan fingerprint density at radius 2 is 1.90 bits per heavy atom. The van der Waals surface area contributed by atoms with E-state index < -0.39 is 11.2 Å². The first-order valence-electron chi connectivity index (χ1n) is 6.77. The monoisotopic (exact) mass is 283 g/mol. The first kappa shape index (κ1) is 16.3. The molecule has 1 atom stereocenters. The maximum Gasteiger partial charge on any atom is 0.330 e. The summed E-state index contributed by atoms with van der Waals surface area (Å²) in [6, 6.07) is 0.235. The molecule has 20 heavy (non-hydrogen) atoms. The Hall–Kier alpha value is -1.76. The summed E-state index contributed by atoms with van der Waals surface area (Å²) in [4.78, 5) is 28.0. The minimum Gasteiger partial charge on any atom is -0.383 e. The van der Waals surface area contributed by atoms with Crippen LogP contribution in [0.15, 0.2) is 9.59 Å². The van der Waals surface area contributed by atoms with Crippen molar-refractivity contribution in [3.63, 3.8) is 0 Å². The topological polar surface area (TPSA) is 96.2 Å². The van der Waals surface area contributed by atoms with E-state index in [1.54, 1.807) is 0 Å². The molecule has 1 unspecified atom stereocenters. The van der Waals surface area contributed by atoms with Gasteiger partial charge in [-0.1, -0.05) is 13.8 Å². The highest BCUT2D eigenvalue weighted by Gasteiger charge is 2.14. The van der Waals surface area contributed by atoms with Gasteiger partial charge in [-0.25, -0.2) is 4.79 Å². The maximum atomic E-state index is 11.9. The Labute approximate surface area is 118 Å². The summed E-state index contributed by atoms with van der Waals surface area (Å²) >= 11 is 0. The minimum absolute atomic E-state index is 0.193. The lowest BCUT2D eigenvalue weighted by Crippen LogP contribution is -2.37. The van der Waals surface area contributed by atoms with Crippen molar-refractivity contribution in [3.8, 4) is 0 Å². The van der Waals surface area contributed by atoms with Gasteiger partial charge in [0.2, 0.25) is 0 Å². The number of hydrogen-bond donors (Lipinski definition) is 3. The second-order valence-corrected chi connectivity index (χ2v) is 5.72. The van der Waals surface area contributed by atoms with Crippen LogP contribution in [0.25, 0.3) is 0 Å². The summed E-state index contributed by atoms with van der Waals surface area (Å²) in [5.41, 5.74) is 5.29. The molecule has 0 fully saturated rings. The third-order valence-corrected chi connectivity index (χ3v) is 3.24. The first-order chi connectivity index (χ1) is 9.23. The summed E-state index contributed by atoms with van der Waals surface area (Å²) in [6.07, 6.45) is 0. The van der Waals surface area contributed by atoms with E-state index in [-0.39, 0.29) is 23.5 Å². The van der Waals surface area contributed by atoms with Crippen LogP contribution in [0.4, 0.5) is 11.5 Å². The quantitative estimate of drug-likeness (QED) is 0.690. The van der Waals surface area contributed by atoms with Gasteiger partial charge < -0.3 is 16.0 Å². The van der Waals surface area contributed by atoms with Crippen molar-refractivity contribution in [2.45, 2.75) is 33.4 Å². The van der Waals surface area contributed by atoms with Gasteiger partial charge >= 0.3 is 5.69 Å². The SMILES string of the molecule is CC(C)Cn1c(N)c(NCC(C)N(C)C)c(=O)[nH]c1=O. The van der Waals surface area contributed by atoms with Crippen molar-refractivity contribution in [2.75, 3.05) is 31.7 Å². The molecule has 0 aliphatic carbocycles. The molecule has 1 aromatic rings. The molecule has 0 aromatic carbocycles. The zero-order valence-corrected chi connectivity index (χ0v) is 12.9. The van der Waals surface area contributed by atoms with E-state index in [1.165, 1.54) is 4.57 Å². The molecule has 0 radical (unpaired) electrons. The molecule has 0 spiro atoms. The lowest BCUT2D eigenvalue weighted by molar-refractivity contribution is 0.326. The Morgan fingerprint density at radius 1 is 1.30 bits per heavy atom. The van der Waals surface area contributed by atoms with Crippen molar-refractivity contribution in [1.82, 2.24) is 14.5 Å². The van der Waals surface area contributed by atoms with Crippen LogP contribution in [0.5, 0.6) is 0 Å². The van der Waals surface area contributed by atoms with Crippen LogP contribution < -0.4 is 22.3 Å². The minimum atomic E-state index is -0.474. The number of nitrogens with one attached hydrogen (secondary N) is 2. The standard InChI is InChI=1S/C13H25N5O2/c1-8(2)7-18-11(14)10(12(19)16-13(18)20)15-6-9(3)17(4)5/h8-9,15H,6-7,14H2,1-5H3,(H,16,19,20). The van der Waals surface area contributed by atoms with Crippen LogP contribution in [0, 0.1) is 5.92 Å². The van der Waals surface area contributed by atoms with Gasteiger partial charge in [-0.05, 0) is 26.9 Å². The van der Waals surface area contributed by atoms with Crippen molar-refractivity contribution in [3.05, 3.63) is 20.8 Å². The van der Waals surface area contributed by atoms with Gasteiger partial charge in [-0.3, -0.25) is 14.3 Å². The average Bonchev–Trinajstić information content (AvgIpc) is 2.33. The predicted octanol–water partition coefficient (Wildman–Crippen LogP) is 0.137. The smallest absolute Gasteiger partial charge is 0.330 e. The summed E-state index contributed by atoms with van der Waals surface area (Å²) < 4.78 is 1.40. The first-order valence-corrected chi connectivity index (χ1v) is 6.77. The molecule has 0 bridgehead atoms. The van der Waals surface area contributed by atoms with Gasteiger partial charge in [0.15, 0.2) is 0 Å². The molecule has 0 aliphatic rings. The fourth-order valence-corrected chi connectivity index (χ4v) is 1.74. The van der Waals surface area contributed by atoms with E-state index in [0.29, 0.717) is 13.1 Å². The Morgan fingerprint density at radius 3 is 2.40 bits per heavy atom. The fourth-order valence-electron chi connectivity index (χ4n) is 1.74. The largest absolute Gasteiger partial charge is 0.383 e. The average molecular weight is 283 g/mol. The lowest BCUT2D eigenvalue weighted by Gasteiger charge is -2.21. The van der Waals surface area contributed by atoms with E-state index in [1.807, 2.05) is 39.8 Å². The molecule has 0 saturated carbocycles.